The molecule has 2 amide bonds. The fraction of sp³-hybridized carbons (Fsp3) is 0.0870. The number of nitro groups is 1. The van der Waals surface area contributed by atoms with Gasteiger partial charge in [-0.15, -0.1) is 0 Å². The number of nitro benzene ring substituents is 1. The van der Waals surface area contributed by atoms with Gasteiger partial charge >= 0.3 is 0 Å². The second kappa shape index (κ2) is 8.20. The molecule has 0 saturated carbocycles. The van der Waals surface area contributed by atoms with Crippen molar-refractivity contribution in [1.29, 1.82) is 0 Å². The minimum absolute atomic E-state index is 0.0274. The second-order valence-corrected chi connectivity index (χ2v) is 7.74. The van der Waals surface area contributed by atoms with Crippen LogP contribution in [-0.4, -0.2) is 35.9 Å². The van der Waals surface area contributed by atoms with Crippen LogP contribution in [0.25, 0.3) is 16.8 Å². The first-order valence-corrected chi connectivity index (χ1v) is 10.0. The summed E-state index contributed by atoms with van der Waals surface area (Å²) >= 11 is 5.31. The van der Waals surface area contributed by atoms with Crippen molar-refractivity contribution in [3.8, 4) is 0 Å². The number of fused-ring (bicyclic) bond motifs is 1. The van der Waals surface area contributed by atoms with Crippen LogP contribution in [-0.2, 0) is 9.59 Å². The molecule has 0 aliphatic carbocycles. The van der Waals surface area contributed by atoms with E-state index in [2.05, 4.69) is 5.32 Å². The molecule has 3 aromatic carbocycles. The van der Waals surface area contributed by atoms with Crippen molar-refractivity contribution in [3.05, 3.63) is 81.9 Å². The third kappa shape index (κ3) is 3.69. The number of nitrogens with zero attached hydrogens (tertiary/aromatic N) is 3. The number of benzene rings is 3. The number of non-ortho nitro benzene ring substituents is 1. The van der Waals surface area contributed by atoms with E-state index < -0.39 is 16.7 Å². The van der Waals surface area contributed by atoms with Crippen LogP contribution >= 0.6 is 12.2 Å². The minimum Gasteiger partial charge on any atom is -0.377 e. The monoisotopic (exact) mass is 446 g/mol. The number of rotatable bonds is 4. The minimum atomic E-state index is -0.660. The highest BCUT2D eigenvalue weighted by atomic mass is 32.1. The van der Waals surface area contributed by atoms with Crippen LogP contribution in [0.5, 0.6) is 0 Å². The molecule has 0 unspecified atom stereocenters. The number of carbonyl (C=O) groups is 2. The highest BCUT2D eigenvalue weighted by Crippen LogP contribution is 2.31. The van der Waals surface area contributed by atoms with Crippen molar-refractivity contribution in [2.45, 2.75) is 0 Å². The van der Waals surface area contributed by atoms with Gasteiger partial charge < -0.3 is 4.90 Å². The normalized spacial score (nSPS) is 15.2. The van der Waals surface area contributed by atoms with Gasteiger partial charge in [0.15, 0.2) is 5.11 Å². The van der Waals surface area contributed by atoms with Crippen LogP contribution in [0.4, 0.5) is 17.1 Å². The lowest BCUT2D eigenvalue weighted by Gasteiger charge is -2.30. The summed E-state index contributed by atoms with van der Waals surface area (Å²) in [6.45, 7) is 0. The van der Waals surface area contributed by atoms with Gasteiger partial charge in [-0.3, -0.25) is 29.9 Å². The van der Waals surface area contributed by atoms with Crippen LogP contribution in [0, 0.1) is 10.1 Å². The van der Waals surface area contributed by atoms with Gasteiger partial charge in [0, 0.05) is 42.9 Å². The molecule has 0 atom stereocenters. The van der Waals surface area contributed by atoms with E-state index in [9.17, 15) is 19.7 Å². The van der Waals surface area contributed by atoms with Crippen molar-refractivity contribution < 1.29 is 14.5 Å². The summed E-state index contributed by atoms with van der Waals surface area (Å²) < 4.78 is 0. The predicted molar refractivity (Wildman–Crippen MR) is 128 cm³/mol. The topological polar surface area (TPSA) is 95.8 Å². The van der Waals surface area contributed by atoms with Crippen LogP contribution in [0.1, 0.15) is 5.56 Å². The molecule has 0 aromatic heterocycles. The summed E-state index contributed by atoms with van der Waals surface area (Å²) in [7, 11) is 3.53. The smallest absolute Gasteiger partial charge is 0.270 e. The molecular weight excluding hydrogens is 428 g/mol. The Balaban J connectivity index is 1.86. The highest BCUT2D eigenvalue weighted by Gasteiger charge is 2.35. The molecule has 1 aliphatic rings. The molecule has 1 saturated heterocycles. The van der Waals surface area contributed by atoms with E-state index in [1.165, 1.54) is 23.1 Å². The molecule has 160 valence electrons. The summed E-state index contributed by atoms with van der Waals surface area (Å²) in [6.07, 6.45) is 1.36. The molecule has 0 radical (unpaired) electrons. The summed E-state index contributed by atoms with van der Waals surface area (Å²) in [5.41, 5.74) is 1.21. The molecule has 1 fully saturated rings. The molecule has 1 N–H and O–H groups in total. The average Bonchev–Trinajstić information content (AvgIpc) is 2.76. The van der Waals surface area contributed by atoms with Gasteiger partial charge in [-0.25, -0.2) is 0 Å². The number of nitrogens with one attached hydrogen (secondary N) is 1. The number of hydrogen-bond donors (Lipinski definition) is 1. The van der Waals surface area contributed by atoms with Crippen LogP contribution in [0.2, 0.25) is 0 Å². The Bertz CT molecular complexity index is 1330. The summed E-state index contributed by atoms with van der Waals surface area (Å²) in [6, 6.07) is 17.3. The van der Waals surface area contributed by atoms with Crippen LogP contribution < -0.4 is 15.1 Å². The van der Waals surface area contributed by atoms with Gasteiger partial charge in [0.1, 0.15) is 5.57 Å². The Morgan fingerprint density at radius 1 is 1.06 bits per heavy atom. The molecule has 8 nitrogen and oxygen atoms in total. The number of amides is 2. The van der Waals surface area contributed by atoms with Gasteiger partial charge in [0.25, 0.3) is 17.5 Å². The maximum absolute atomic E-state index is 13.5. The molecule has 4 rings (SSSR count). The summed E-state index contributed by atoms with van der Waals surface area (Å²) in [5, 5.41) is 15.5. The average molecular weight is 446 g/mol. The van der Waals surface area contributed by atoms with E-state index in [1.54, 1.807) is 37.2 Å². The predicted octanol–water partition coefficient (Wildman–Crippen LogP) is 3.65. The third-order valence-corrected chi connectivity index (χ3v) is 5.40. The lowest BCUT2D eigenvalue weighted by molar-refractivity contribution is -0.384. The molecule has 0 bridgehead atoms. The lowest BCUT2D eigenvalue weighted by atomic mass is 10.0. The molecule has 1 heterocycles. The first kappa shape index (κ1) is 21.1. The van der Waals surface area contributed by atoms with Crippen molar-refractivity contribution in [1.82, 2.24) is 5.32 Å². The largest absolute Gasteiger partial charge is 0.377 e. The fourth-order valence-electron chi connectivity index (χ4n) is 3.61. The maximum atomic E-state index is 13.5. The first-order valence-electron chi connectivity index (χ1n) is 9.63. The van der Waals surface area contributed by atoms with Gasteiger partial charge in [0.2, 0.25) is 0 Å². The van der Waals surface area contributed by atoms with Crippen molar-refractivity contribution in [2.24, 2.45) is 0 Å². The van der Waals surface area contributed by atoms with Crippen molar-refractivity contribution in [2.75, 3.05) is 23.9 Å². The number of anilines is 2. The quantitative estimate of drug-likeness (QED) is 0.216. The zero-order valence-electron chi connectivity index (χ0n) is 17.2. The Morgan fingerprint density at radius 2 is 1.78 bits per heavy atom. The van der Waals surface area contributed by atoms with Crippen LogP contribution in [0.3, 0.4) is 0 Å². The first-order chi connectivity index (χ1) is 15.3. The lowest BCUT2D eigenvalue weighted by Crippen LogP contribution is -2.54. The Hall–Kier alpha value is -4.11. The molecular formula is C23H18N4O4S. The highest BCUT2D eigenvalue weighted by molar-refractivity contribution is 7.80. The molecule has 32 heavy (non-hydrogen) atoms. The number of hydrogen-bond acceptors (Lipinski definition) is 6. The van der Waals surface area contributed by atoms with Crippen molar-refractivity contribution in [3.63, 3.8) is 0 Å². The van der Waals surface area contributed by atoms with E-state index >= 15 is 0 Å². The molecule has 0 spiro atoms. The van der Waals surface area contributed by atoms with Gasteiger partial charge in [0.05, 0.1) is 10.6 Å². The fourth-order valence-corrected chi connectivity index (χ4v) is 3.89. The zero-order chi connectivity index (χ0) is 23.0. The van der Waals surface area contributed by atoms with E-state index in [0.717, 1.165) is 10.8 Å². The molecule has 9 heteroatoms. The SMILES string of the molecule is CN(C)c1ccc([N+](=O)[O-])cc1C=C1C(=O)NC(=S)N(c2cccc3ccccc23)C1=O. The molecule has 3 aromatic rings. The third-order valence-electron chi connectivity index (χ3n) is 5.11. The summed E-state index contributed by atoms with van der Waals surface area (Å²) in [5.74, 6) is -1.26. The standard InChI is InChI=1S/C23H18N4O4S/c1-25(2)19-11-10-16(27(30)31)12-15(19)13-18-21(28)24-23(32)26(22(18)29)20-9-5-7-14-6-3-4-8-17(14)20/h3-13H,1-2H3,(H,24,28,32). The van der Waals surface area contributed by atoms with Gasteiger partial charge in [-0.2, -0.15) is 0 Å². The van der Waals surface area contributed by atoms with E-state index in [-0.39, 0.29) is 16.4 Å². The Kier molecular flexibility index (Phi) is 5.41. The number of carbonyl (C=O) groups excluding carboxylic acids is 2. The van der Waals surface area contributed by atoms with Gasteiger partial charge in [-0.1, -0.05) is 36.4 Å². The van der Waals surface area contributed by atoms with Crippen molar-refractivity contribution >= 4 is 63.1 Å². The number of thiocarbonyl (C=S) groups is 1. The van der Waals surface area contributed by atoms with Crippen LogP contribution in [0.15, 0.2) is 66.2 Å². The zero-order valence-corrected chi connectivity index (χ0v) is 18.1. The van der Waals surface area contributed by atoms with E-state index in [1.807, 2.05) is 30.3 Å². The second-order valence-electron chi connectivity index (χ2n) is 7.35. The Morgan fingerprint density at radius 3 is 2.50 bits per heavy atom. The van der Waals surface area contributed by atoms with Gasteiger partial charge in [-0.05, 0) is 35.8 Å². The summed E-state index contributed by atoms with van der Waals surface area (Å²) in [4.78, 5) is 39.9. The van der Waals surface area contributed by atoms with E-state index in [0.29, 0.717) is 16.9 Å². The Labute approximate surface area is 188 Å². The van der Waals surface area contributed by atoms with E-state index in [4.69, 9.17) is 12.2 Å². The maximum Gasteiger partial charge on any atom is 0.270 e. The molecule has 1 aliphatic heterocycles.